The van der Waals surface area contributed by atoms with Crippen molar-refractivity contribution in [2.45, 2.75) is 25.8 Å². The van der Waals surface area contributed by atoms with E-state index >= 15 is 0 Å². The summed E-state index contributed by atoms with van der Waals surface area (Å²) in [4.78, 5) is 13.9. The fraction of sp³-hybridized carbons (Fsp3) is 0.467. The van der Waals surface area contributed by atoms with Crippen molar-refractivity contribution in [1.29, 1.82) is 0 Å². The average molecular weight is 273 g/mol. The van der Waals surface area contributed by atoms with Crippen LogP contribution in [0.4, 0.5) is 0 Å². The summed E-state index contributed by atoms with van der Waals surface area (Å²) >= 11 is 0. The van der Waals surface area contributed by atoms with Crippen molar-refractivity contribution < 1.29 is 9.21 Å². The molecule has 0 unspecified atom stereocenters. The van der Waals surface area contributed by atoms with Crippen LogP contribution < -0.4 is 0 Å². The van der Waals surface area contributed by atoms with Gasteiger partial charge in [0.1, 0.15) is 17.2 Å². The quantitative estimate of drug-likeness (QED) is 0.859. The van der Waals surface area contributed by atoms with E-state index in [1.54, 1.807) is 35.9 Å². The van der Waals surface area contributed by atoms with Crippen molar-refractivity contribution in [3.8, 4) is 0 Å². The monoisotopic (exact) mass is 273 g/mol. The maximum atomic E-state index is 12.3. The molecule has 20 heavy (non-hydrogen) atoms. The van der Waals surface area contributed by atoms with E-state index in [1.165, 1.54) is 6.42 Å². The number of amides is 1. The second-order valence-corrected chi connectivity index (χ2v) is 5.62. The number of nitrogens with zero attached hydrogens (tertiary/aromatic N) is 3. The lowest BCUT2D eigenvalue weighted by molar-refractivity contribution is 0.0764. The molecule has 1 fully saturated rings. The third-order valence-corrected chi connectivity index (χ3v) is 3.94. The number of hydrogen-bond acceptors (Lipinski definition) is 3. The van der Waals surface area contributed by atoms with E-state index < -0.39 is 0 Å². The molecule has 0 saturated heterocycles. The van der Waals surface area contributed by atoms with Crippen LogP contribution in [-0.2, 0) is 13.6 Å². The van der Waals surface area contributed by atoms with Crippen LogP contribution in [0.1, 0.15) is 41.3 Å². The normalized spacial score (nSPS) is 20.9. The van der Waals surface area contributed by atoms with Gasteiger partial charge in [0.15, 0.2) is 0 Å². The minimum absolute atomic E-state index is 0.0530. The summed E-state index contributed by atoms with van der Waals surface area (Å²) in [6.07, 6.45) is 2.83. The topological polar surface area (TPSA) is 51.3 Å². The van der Waals surface area contributed by atoms with E-state index in [9.17, 15) is 4.79 Å². The molecule has 2 aromatic heterocycles. The molecule has 0 spiro atoms. The number of aryl methyl sites for hydroxylation is 1. The van der Waals surface area contributed by atoms with Gasteiger partial charge in [0.2, 0.25) is 0 Å². The molecule has 1 aliphatic carbocycles. The van der Waals surface area contributed by atoms with E-state index in [0.717, 1.165) is 17.4 Å². The Kier molecular flexibility index (Phi) is 3.12. The zero-order chi connectivity index (χ0) is 14.3. The Hall–Kier alpha value is -2.04. The molecule has 0 bridgehead atoms. The highest BCUT2D eigenvalue weighted by Gasteiger charge is 2.36. The summed E-state index contributed by atoms with van der Waals surface area (Å²) in [5.74, 6) is 3.12. The molecule has 0 N–H and O–H groups in total. The Morgan fingerprint density at radius 3 is 2.85 bits per heavy atom. The van der Waals surface area contributed by atoms with E-state index in [1.807, 2.05) is 12.1 Å². The Balaban J connectivity index is 1.66. The van der Waals surface area contributed by atoms with Crippen LogP contribution in [0.25, 0.3) is 0 Å². The average Bonchev–Trinajstić information content (AvgIpc) is 2.81. The summed E-state index contributed by atoms with van der Waals surface area (Å²) in [5.41, 5.74) is 0.579. The molecule has 5 nitrogen and oxygen atoms in total. The highest BCUT2D eigenvalue weighted by atomic mass is 16.3. The molecular formula is C15H19N3O2. The maximum absolute atomic E-state index is 12.3. The van der Waals surface area contributed by atoms with Gasteiger partial charge in [-0.15, -0.1) is 0 Å². The number of aromatic nitrogens is 2. The first-order valence-electron chi connectivity index (χ1n) is 6.88. The Labute approximate surface area is 118 Å². The summed E-state index contributed by atoms with van der Waals surface area (Å²) in [5, 5.41) is 4.02. The molecule has 3 rings (SSSR count). The van der Waals surface area contributed by atoms with Crippen LogP contribution in [0.5, 0.6) is 0 Å². The van der Waals surface area contributed by atoms with Gasteiger partial charge in [-0.2, -0.15) is 5.10 Å². The minimum atomic E-state index is -0.0530. The summed E-state index contributed by atoms with van der Waals surface area (Å²) < 4.78 is 7.41. The first kappa shape index (κ1) is 13.0. The molecule has 1 amide bonds. The lowest BCUT2D eigenvalue weighted by Crippen LogP contribution is -2.27. The van der Waals surface area contributed by atoms with E-state index in [0.29, 0.717) is 18.2 Å². The molecule has 0 aromatic carbocycles. The SMILES string of the molecule is C[C@H]1C[C@@H]1c1ccc(CN(C)C(=O)c2ccnn2C)o1. The first-order valence-corrected chi connectivity index (χ1v) is 6.88. The molecule has 1 aliphatic rings. The van der Waals surface area contributed by atoms with Crippen LogP contribution in [-0.4, -0.2) is 27.6 Å². The zero-order valence-corrected chi connectivity index (χ0v) is 12.0. The first-order chi connectivity index (χ1) is 9.56. The number of hydrogen-bond donors (Lipinski definition) is 0. The lowest BCUT2D eigenvalue weighted by Gasteiger charge is -2.15. The molecule has 2 aromatic rings. The molecule has 5 heteroatoms. The molecule has 0 radical (unpaired) electrons. The summed E-state index contributed by atoms with van der Waals surface area (Å²) in [6.45, 7) is 2.70. The number of rotatable bonds is 4. The van der Waals surface area contributed by atoms with E-state index in [4.69, 9.17) is 4.42 Å². The molecule has 0 aliphatic heterocycles. The number of carbonyl (C=O) groups is 1. The van der Waals surface area contributed by atoms with Crippen molar-refractivity contribution >= 4 is 5.91 Å². The summed E-state index contributed by atoms with van der Waals surface area (Å²) in [6, 6.07) is 5.72. The molecule has 106 valence electrons. The fourth-order valence-electron chi connectivity index (χ4n) is 2.48. The molecule has 1 saturated carbocycles. The maximum Gasteiger partial charge on any atom is 0.272 e. The molecule has 2 heterocycles. The fourth-order valence-corrected chi connectivity index (χ4v) is 2.48. The van der Waals surface area contributed by atoms with Gasteiger partial charge in [-0.1, -0.05) is 6.92 Å². The predicted octanol–water partition coefficient (Wildman–Crippen LogP) is 2.41. The van der Waals surface area contributed by atoms with Crippen molar-refractivity contribution in [1.82, 2.24) is 14.7 Å². The largest absolute Gasteiger partial charge is 0.464 e. The van der Waals surface area contributed by atoms with Gasteiger partial charge in [-0.3, -0.25) is 9.48 Å². The van der Waals surface area contributed by atoms with Gasteiger partial charge in [-0.05, 0) is 30.5 Å². The van der Waals surface area contributed by atoms with Crippen molar-refractivity contribution in [3.05, 3.63) is 41.6 Å². The zero-order valence-electron chi connectivity index (χ0n) is 12.0. The van der Waals surface area contributed by atoms with Gasteiger partial charge >= 0.3 is 0 Å². The van der Waals surface area contributed by atoms with Gasteiger partial charge < -0.3 is 9.32 Å². The van der Waals surface area contributed by atoms with Crippen molar-refractivity contribution in [2.24, 2.45) is 13.0 Å². The van der Waals surface area contributed by atoms with E-state index in [2.05, 4.69) is 12.0 Å². The number of carbonyl (C=O) groups excluding carboxylic acids is 1. The smallest absolute Gasteiger partial charge is 0.272 e. The van der Waals surface area contributed by atoms with Crippen LogP contribution in [0.15, 0.2) is 28.8 Å². The van der Waals surface area contributed by atoms with Crippen LogP contribution in [0, 0.1) is 5.92 Å². The van der Waals surface area contributed by atoms with Crippen molar-refractivity contribution in [2.75, 3.05) is 7.05 Å². The number of furan rings is 1. The standard InChI is InChI=1S/C15H19N3O2/c1-10-8-12(10)14-5-4-11(20-14)9-17(2)15(19)13-6-7-16-18(13)3/h4-7,10,12H,8-9H2,1-3H3/t10-,12-/m0/s1. The Bertz CT molecular complexity index is 629. The second-order valence-electron chi connectivity index (χ2n) is 5.62. The van der Waals surface area contributed by atoms with Crippen LogP contribution in [0.2, 0.25) is 0 Å². The lowest BCUT2D eigenvalue weighted by atomic mass is 10.3. The van der Waals surface area contributed by atoms with Crippen LogP contribution >= 0.6 is 0 Å². The van der Waals surface area contributed by atoms with E-state index in [-0.39, 0.29) is 5.91 Å². The van der Waals surface area contributed by atoms with Gasteiger partial charge in [0.05, 0.1) is 6.54 Å². The third kappa shape index (κ3) is 2.35. The Morgan fingerprint density at radius 2 is 2.25 bits per heavy atom. The highest BCUT2D eigenvalue weighted by Crippen LogP contribution is 2.47. The predicted molar refractivity (Wildman–Crippen MR) is 74.2 cm³/mol. The van der Waals surface area contributed by atoms with Gasteiger partial charge in [-0.25, -0.2) is 0 Å². The van der Waals surface area contributed by atoms with Crippen molar-refractivity contribution in [3.63, 3.8) is 0 Å². The van der Waals surface area contributed by atoms with Gasteiger partial charge in [0.25, 0.3) is 5.91 Å². The Morgan fingerprint density at radius 1 is 1.50 bits per heavy atom. The minimum Gasteiger partial charge on any atom is -0.464 e. The molecular weight excluding hydrogens is 254 g/mol. The molecule has 2 atom stereocenters. The third-order valence-electron chi connectivity index (χ3n) is 3.94. The van der Waals surface area contributed by atoms with Crippen LogP contribution in [0.3, 0.4) is 0 Å². The summed E-state index contributed by atoms with van der Waals surface area (Å²) in [7, 11) is 3.54. The van der Waals surface area contributed by atoms with Gasteiger partial charge in [0, 0.05) is 26.2 Å². The second kappa shape index (κ2) is 4.81. The highest BCUT2D eigenvalue weighted by molar-refractivity contribution is 5.92.